The Balaban J connectivity index is 1.61. The third-order valence-electron chi connectivity index (χ3n) is 4.33. The largest absolute Gasteiger partial charge is 0.374 e. The molecule has 4 heteroatoms. The number of hydrogen-bond acceptors (Lipinski definition) is 3. The number of benzene rings is 1. The van der Waals surface area contributed by atoms with E-state index in [0.717, 1.165) is 51.6 Å². The molecule has 20 heavy (non-hydrogen) atoms. The molecule has 2 aliphatic rings. The maximum Gasteiger partial charge on any atom is 0.0870 e. The molecule has 2 heterocycles. The van der Waals surface area contributed by atoms with Crippen LogP contribution < -0.4 is 0 Å². The average Bonchev–Trinajstić information content (AvgIpc) is 2.90. The number of hydrogen-bond donors (Lipinski definition) is 0. The lowest BCUT2D eigenvalue weighted by atomic mass is 10.1. The summed E-state index contributed by atoms with van der Waals surface area (Å²) in [6, 6.07) is 11.3. The highest BCUT2D eigenvalue weighted by molar-refractivity contribution is 6.17. The first-order chi connectivity index (χ1) is 9.86. The fourth-order valence-electron chi connectivity index (χ4n) is 3.31. The van der Waals surface area contributed by atoms with Crippen molar-refractivity contribution in [2.24, 2.45) is 0 Å². The van der Waals surface area contributed by atoms with Crippen LogP contribution in [0.5, 0.6) is 0 Å². The Kier molecular flexibility index (Phi) is 4.94. The summed E-state index contributed by atoms with van der Waals surface area (Å²) in [6.07, 6.45) is 1.45. The van der Waals surface area contributed by atoms with Gasteiger partial charge in [-0.1, -0.05) is 30.3 Å². The molecule has 2 aliphatic heterocycles. The van der Waals surface area contributed by atoms with Crippen LogP contribution in [-0.2, 0) is 11.3 Å². The summed E-state index contributed by atoms with van der Waals surface area (Å²) in [5.74, 6) is 0.750. The molecule has 2 fully saturated rings. The number of halogens is 1. The maximum atomic E-state index is 5.96. The molecule has 3 nitrogen and oxygen atoms in total. The standard InChI is InChI=1S/C16H23ClN2O/c17-7-4-8-18-12-15-16(13-18)20-10-9-19(15)11-14-5-2-1-3-6-14/h1-3,5-6,15-16H,4,7-13H2. The van der Waals surface area contributed by atoms with Crippen molar-refractivity contribution >= 4 is 11.6 Å². The quantitative estimate of drug-likeness (QED) is 0.775. The molecule has 2 atom stereocenters. The molecule has 0 saturated carbocycles. The maximum absolute atomic E-state index is 5.96. The van der Waals surface area contributed by atoms with Crippen LogP contribution >= 0.6 is 11.6 Å². The molecule has 2 saturated heterocycles. The van der Waals surface area contributed by atoms with E-state index in [9.17, 15) is 0 Å². The Hall–Kier alpha value is -0.610. The van der Waals surface area contributed by atoms with Gasteiger partial charge >= 0.3 is 0 Å². The van der Waals surface area contributed by atoms with Gasteiger partial charge in [0.15, 0.2) is 0 Å². The zero-order valence-electron chi connectivity index (χ0n) is 11.9. The molecule has 110 valence electrons. The van der Waals surface area contributed by atoms with Gasteiger partial charge in [0.1, 0.15) is 0 Å². The van der Waals surface area contributed by atoms with Crippen LogP contribution in [0.1, 0.15) is 12.0 Å². The highest BCUT2D eigenvalue weighted by Gasteiger charge is 2.39. The van der Waals surface area contributed by atoms with E-state index >= 15 is 0 Å². The van der Waals surface area contributed by atoms with Crippen LogP contribution in [0.25, 0.3) is 0 Å². The van der Waals surface area contributed by atoms with Gasteiger partial charge in [-0.05, 0) is 18.5 Å². The van der Waals surface area contributed by atoms with Crippen LogP contribution in [0.3, 0.4) is 0 Å². The van der Waals surface area contributed by atoms with Crippen molar-refractivity contribution in [1.29, 1.82) is 0 Å². The van der Waals surface area contributed by atoms with E-state index in [-0.39, 0.29) is 0 Å². The second-order valence-electron chi connectivity index (χ2n) is 5.73. The van der Waals surface area contributed by atoms with Crippen LogP contribution in [0.15, 0.2) is 30.3 Å². The lowest BCUT2D eigenvalue weighted by Gasteiger charge is -2.37. The van der Waals surface area contributed by atoms with E-state index in [1.807, 2.05) is 0 Å². The number of ether oxygens (including phenoxy) is 1. The third kappa shape index (κ3) is 3.34. The monoisotopic (exact) mass is 294 g/mol. The summed E-state index contributed by atoms with van der Waals surface area (Å²) in [6.45, 7) is 6.21. The first-order valence-electron chi connectivity index (χ1n) is 7.55. The molecule has 0 radical (unpaired) electrons. The van der Waals surface area contributed by atoms with Crippen LogP contribution in [0, 0.1) is 0 Å². The molecule has 0 aliphatic carbocycles. The summed E-state index contributed by atoms with van der Waals surface area (Å²) in [7, 11) is 0. The minimum absolute atomic E-state index is 0.378. The van der Waals surface area contributed by atoms with Gasteiger partial charge in [0, 0.05) is 32.1 Å². The van der Waals surface area contributed by atoms with Crippen molar-refractivity contribution in [2.75, 3.05) is 38.7 Å². The lowest BCUT2D eigenvalue weighted by molar-refractivity contribution is -0.0504. The van der Waals surface area contributed by atoms with Crippen molar-refractivity contribution in [3.63, 3.8) is 0 Å². The predicted molar refractivity (Wildman–Crippen MR) is 82.2 cm³/mol. The smallest absolute Gasteiger partial charge is 0.0870 e. The molecule has 3 rings (SSSR count). The van der Waals surface area contributed by atoms with Gasteiger partial charge in [-0.2, -0.15) is 0 Å². The number of nitrogens with zero attached hydrogens (tertiary/aromatic N) is 2. The summed E-state index contributed by atoms with van der Waals surface area (Å²) in [5, 5.41) is 0. The van der Waals surface area contributed by atoms with E-state index < -0.39 is 0 Å². The normalized spacial score (nSPS) is 27.6. The lowest BCUT2D eigenvalue weighted by Crippen LogP contribution is -2.50. The van der Waals surface area contributed by atoms with Crippen LogP contribution in [0.4, 0.5) is 0 Å². The Morgan fingerprint density at radius 2 is 2.05 bits per heavy atom. The highest BCUT2D eigenvalue weighted by Crippen LogP contribution is 2.24. The summed E-state index contributed by atoms with van der Waals surface area (Å²) < 4.78 is 5.96. The van der Waals surface area contributed by atoms with E-state index in [4.69, 9.17) is 16.3 Å². The fraction of sp³-hybridized carbons (Fsp3) is 0.625. The molecule has 0 bridgehead atoms. The molecule has 0 N–H and O–H groups in total. The van der Waals surface area contributed by atoms with Crippen LogP contribution in [0.2, 0.25) is 0 Å². The van der Waals surface area contributed by atoms with E-state index in [1.165, 1.54) is 5.56 Å². The topological polar surface area (TPSA) is 15.7 Å². The molecular formula is C16H23ClN2O. The SMILES string of the molecule is ClCCCN1CC2OCCN(Cc3ccccc3)C2C1. The summed E-state index contributed by atoms with van der Waals surface area (Å²) in [4.78, 5) is 5.09. The zero-order valence-corrected chi connectivity index (χ0v) is 12.6. The Morgan fingerprint density at radius 3 is 2.85 bits per heavy atom. The fourth-order valence-corrected chi connectivity index (χ4v) is 3.43. The number of rotatable bonds is 5. The highest BCUT2D eigenvalue weighted by atomic mass is 35.5. The van der Waals surface area contributed by atoms with Gasteiger partial charge in [-0.15, -0.1) is 11.6 Å². The number of alkyl halides is 1. The van der Waals surface area contributed by atoms with Crippen molar-refractivity contribution in [3.8, 4) is 0 Å². The third-order valence-corrected chi connectivity index (χ3v) is 4.60. The first kappa shape index (κ1) is 14.3. The van der Waals surface area contributed by atoms with Crippen molar-refractivity contribution < 1.29 is 4.74 Å². The number of fused-ring (bicyclic) bond motifs is 1. The minimum atomic E-state index is 0.378. The van der Waals surface area contributed by atoms with Crippen LogP contribution in [-0.4, -0.2) is 60.6 Å². The molecule has 1 aromatic carbocycles. The second kappa shape index (κ2) is 6.90. The Labute approximate surface area is 126 Å². The molecule has 0 spiro atoms. The van der Waals surface area contributed by atoms with Gasteiger partial charge in [0.2, 0.25) is 0 Å². The Bertz CT molecular complexity index is 414. The van der Waals surface area contributed by atoms with E-state index in [1.54, 1.807) is 0 Å². The van der Waals surface area contributed by atoms with Crippen molar-refractivity contribution in [2.45, 2.75) is 25.1 Å². The van der Waals surface area contributed by atoms with Gasteiger partial charge in [0.25, 0.3) is 0 Å². The molecule has 1 aromatic rings. The van der Waals surface area contributed by atoms with Gasteiger partial charge in [-0.3, -0.25) is 9.80 Å². The summed E-state index contributed by atoms with van der Waals surface area (Å²) in [5.41, 5.74) is 1.40. The molecule has 0 aromatic heterocycles. The number of morpholine rings is 1. The van der Waals surface area contributed by atoms with Gasteiger partial charge in [-0.25, -0.2) is 0 Å². The molecule has 2 unspecified atom stereocenters. The minimum Gasteiger partial charge on any atom is -0.374 e. The van der Waals surface area contributed by atoms with Gasteiger partial charge < -0.3 is 4.74 Å². The second-order valence-corrected chi connectivity index (χ2v) is 6.11. The van der Waals surface area contributed by atoms with Gasteiger partial charge in [0.05, 0.1) is 18.8 Å². The predicted octanol–water partition coefficient (Wildman–Crippen LogP) is 2.20. The number of likely N-dealkylation sites (tertiary alicyclic amines) is 1. The summed E-state index contributed by atoms with van der Waals surface area (Å²) >= 11 is 5.80. The first-order valence-corrected chi connectivity index (χ1v) is 8.08. The zero-order chi connectivity index (χ0) is 13.8. The molecular weight excluding hydrogens is 272 g/mol. The average molecular weight is 295 g/mol. The molecule has 0 amide bonds. The van der Waals surface area contributed by atoms with E-state index in [0.29, 0.717) is 12.1 Å². The van der Waals surface area contributed by atoms with Crippen molar-refractivity contribution in [1.82, 2.24) is 9.80 Å². The van der Waals surface area contributed by atoms with Crippen molar-refractivity contribution in [3.05, 3.63) is 35.9 Å². The Morgan fingerprint density at radius 1 is 1.20 bits per heavy atom. The van der Waals surface area contributed by atoms with E-state index in [2.05, 4.69) is 40.1 Å².